The van der Waals surface area contributed by atoms with Gasteiger partial charge in [0.2, 0.25) is 0 Å². The molecule has 1 aromatic carbocycles. The van der Waals surface area contributed by atoms with E-state index in [0.717, 1.165) is 37.7 Å². The van der Waals surface area contributed by atoms with Crippen molar-refractivity contribution in [2.45, 2.75) is 37.3 Å². The summed E-state index contributed by atoms with van der Waals surface area (Å²) in [5, 5.41) is 4.18. The first kappa shape index (κ1) is 15.7. The minimum absolute atomic E-state index is 0.386. The quantitative estimate of drug-likeness (QED) is 0.796. The Morgan fingerprint density at radius 1 is 1.45 bits per heavy atom. The number of methoxy groups -OCH3 is 1. The molecular formula is C16H25NO2S. The van der Waals surface area contributed by atoms with Crippen LogP contribution in [0.1, 0.15) is 37.4 Å². The molecule has 1 aliphatic heterocycles. The summed E-state index contributed by atoms with van der Waals surface area (Å²) in [5.41, 5.74) is 2.62. The third-order valence-corrected chi connectivity index (χ3v) is 4.81. The van der Waals surface area contributed by atoms with Crippen LogP contribution in [0.25, 0.3) is 0 Å². The monoisotopic (exact) mass is 295 g/mol. The zero-order valence-electron chi connectivity index (χ0n) is 12.6. The maximum absolute atomic E-state index is 5.48. The molecule has 1 heterocycles. The van der Waals surface area contributed by atoms with Crippen LogP contribution in [0.15, 0.2) is 18.2 Å². The highest BCUT2D eigenvalue weighted by Gasteiger charge is 2.19. The van der Waals surface area contributed by atoms with Gasteiger partial charge in [0.15, 0.2) is 0 Å². The molecular weight excluding hydrogens is 270 g/mol. The van der Waals surface area contributed by atoms with Gasteiger partial charge in [-0.1, -0.05) is 13.0 Å². The predicted octanol–water partition coefficient (Wildman–Crippen LogP) is 3.39. The molecule has 4 heteroatoms. The standard InChI is InChI=1S/C16H25NO2S/c1-4-7-17-12(2)13-5-6-16(18-3)14(8-13)11-20-15-9-19-10-15/h5-6,8,12,15,17H,4,7,9-11H2,1-3H3. The predicted molar refractivity (Wildman–Crippen MR) is 85.6 cm³/mol. The molecule has 1 atom stereocenters. The van der Waals surface area contributed by atoms with Crippen molar-refractivity contribution in [3.8, 4) is 5.75 Å². The fraction of sp³-hybridized carbons (Fsp3) is 0.625. The van der Waals surface area contributed by atoms with Crippen LogP contribution in [-0.4, -0.2) is 32.1 Å². The lowest BCUT2D eigenvalue weighted by molar-refractivity contribution is 0.0455. The molecule has 0 bridgehead atoms. The van der Waals surface area contributed by atoms with Crippen LogP contribution in [0, 0.1) is 0 Å². The highest BCUT2D eigenvalue weighted by Crippen LogP contribution is 2.30. The summed E-state index contributed by atoms with van der Waals surface area (Å²) in [4.78, 5) is 0. The summed E-state index contributed by atoms with van der Waals surface area (Å²) in [6, 6.07) is 6.91. The van der Waals surface area contributed by atoms with Crippen molar-refractivity contribution in [3.05, 3.63) is 29.3 Å². The van der Waals surface area contributed by atoms with E-state index < -0.39 is 0 Å². The number of benzene rings is 1. The first-order chi connectivity index (χ1) is 9.74. The molecule has 0 amide bonds. The smallest absolute Gasteiger partial charge is 0.122 e. The van der Waals surface area contributed by atoms with Crippen LogP contribution in [-0.2, 0) is 10.5 Å². The Labute approximate surface area is 126 Å². The number of ether oxygens (including phenoxy) is 2. The van der Waals surface area contributed by atoms with Gasteiger partial charge in [0.05, 0.1) is 25.6 Å². The Morgan fingerprint density at radius 2 is 2.25 bits per heavy atom. The number of hydrogen-bond acceptors (Lipinski definition) is 4. The topological polar surface area (TPSA) is 30.5 Å². The Balaban J connectivity index is 2.02. The summed E-state index contributed by atoms with van der Waals surface area (Å²) in [5.74, 6) is 1.98. The van der Waals surface area contributed by atoms with Gasteiger partial charge in [0.1, 0.15) is 5.75 Å². The van der Waals surface area contributed by atoms with Gasteiger partial charge in [-0.25, -0.2) is 0 Å². The van der Waals surface area contributed by atoms with Crippen LogP contribution in [0.3, 0.4) is 0 Å². The van der Waals surface area contributed by atoms with Crippen LogP contribution >= 0.6 is 11.8 Å². The molecule has 0 saturated carbocycles. The highest BCUT2D eigenvalue weighted by atomic mass is 32.2. The van der Waals surface area contributed by atoms with Gasteiger partial charge in [0.25, 0.3) is 0 Å². The number of nitrogens with one attached hydrogen (secondary N) is 1. The lowest BCUT2D eigenvalue weighted by atomic mass is 10.0. The second-order valence-electron chi connectivity index (χ2n) is 5.22. The molecule has 1 saturated heterocycles. The minimum Gasteiger partial charge on any atom is -0.496 e. The van der Waals surface area contributed by atoms with Crippen LogP contribution < -0.4 is 10.1 Å². The van der Waals surface area contributed by atoms with Crippen molar-refractivity contribution in [2.75, 3.05) is 26.9 Å². The highest BCUT2D eigenvalue weighted by molar-refractivity contribution is 7.99. The molecule has 0 spiro atoms. The molecule has 1 N–H and O–H groups in total. The van der Waals surface area contributed by atoms with E-state index in [1.54, 1.807) is 7.11 Å². The molecule has 0 radical (unpaired) electrons. The third kappa shape index (κ3) is 4.14. The molecule has 0 aliphatic carbocycles. The van der Waals surface area contributed by atoms with E-state index >= 15 is 0 Å². The van der Waals surface area contributed by atoms with E-state index in [2.05, 4.69) is 37.4 Å². The second kappa shape index (κ2) is 7.91. The van der Waals surface area contributed by atoms with Crippen LogP contribution in [0.5, 0.6) is 5.75 Å². The largest absolute Gasteiger partial charge is 0.496 e. The molecule has 1 aliphatic rings. The van der Waals surface area contributed by atoms with E-state index in [9.17, 15) is 0 Å². The Bertz CT molecular complexity index is 421. The van der Waals surface area contributed by atoms with Crippen LogP contribution in [0.2, 0.25) is 0 Å². The zero-order chi connectivity index (χ0) is 14.4. The number of hydrogen-bond donors (Lipinski definition) is 1. The third-order valence-electron chi connectivity index (χ3n) is 3.59. The van der Waals surface area contributed by atoms with Crippen molar-refractivity contribution in [3.63, 3.8) is 0 Å². The van der Waals surface area contributed by atoms with Gasteiger partial charge >= 0.3 is 0 Å². The Morgan fingerprint density at radius 3 is 2.85 bits per heavy atom. The molecule has 0 aromatic heterocycles. The molecule has 1 fully saturated rings. The van der Waals surface area contributed by atoms with Crippen molar-refractivity contribution in [1.82, 2.24) is 5.32 Å². The lowest BCUT2D eigenvalue weighted by Gasteiger charge is -2.25. The van der Waals surface area contributed by atoms with E-state index in [1.165, 1.54) is 11.1 Å². The summed E-state index contributed by atoms with van der Waals surface area (Å²) in [6.45, 7) is 7.24. The van der Waals surface area contributed by atoms with Crippen molar-refractivity contribution < 1.29 is 9.47 Å². The van der Waals surface area contributed by atoms with E-state index in [0.29, 0.717) is 11.3 Å². The lowest BCUT2D eigenvalue weighted by Crippen LogP contribution is -2.30. The minimum atomic E-state index is 0.386. The van der Waals surface area contributed by atoms with Gasteiger partial charge in [0, 0.05) is 17.4 Å². The first-order valence-electron chi connectivity index (χ1n) is 7.34. The summed E-state index contributed by atoms with van der Waals surface area (Å²) in [6.07, 6.45) is 1.16. The maximum atomic E-state index is 5.48. The summed E-state index contributed by atoms with van der Waals surface area (Å²) >= 11 is 1.96. The van der Waals surface area contributed by atoms with Gasteiger partial charge in [-0.05, 0) is 37.6 Å². The van der Waals surface area contributed by atoms with E-state index in [1.807, 2.05) is 11.8 Å². The molecule has 20 heavy (non-hydrogen) atoms. The zero-order valence-corrected chi connectivity index (χ0v) is 13.5. The van der Waals surface area contributed by atoms with E-state index in [4.69, 9.17) is 9.47 Å². The summed E-state index contributed by atoms with van der Waals surface area (Å²) in [7, 11) is 1.74. The normalized spacial score (nSPS) is 16.8. The molecule has 112 valence electrons. The summed E-state index contributed by atoms with van der Waals surface area (Å²) < 4.78 is 10.7. The molecule has 1 unspecified atom stereocenters. The van der Waals surface area contributed by atoms with Crippen molar-refractivity contribution >= 4 is 11.8 Å². The second-order valence-corrected chi connectivity index (χ2v) is 6.51. The fourth-order valence-corrected chi connectivity index (χ4v) is 3.20. The SMILES string of the molecule is CCCNC(C)c1ccc(OC)c(CSC2COC2)c1. The molecule has 1 aromatic rings. The van der Waals surface area contributed by atoms with Crippen molar-refractivity contribution in [1.29, 1.82) is 0 Å². The Kier molecular flexibility index (Phi) is 6.20. The van der Waals surface area contributed by atoms with E-state index in [-0.39, 0.29) is 0 Å². The van der Waals surface area contributed by atoms with Gasteiger partial charge < -0.3 is 14.8 Å². The maximum Gasteiger partial charge on any atom is 0.122 e. The molecule has 2 rings (SSSR count). The molecule has 3 nitrogen and oxygen atoms in total. The fourth-order valence-electron chi connectivity index (χ4n) is 2.18. The average Bonchev–Trinajstić information content (AvgIpc) is 2.43. The van der Waals surface area contributed by atoms with Crippen molar-refractivity contribution in [2.24, 2.45) is 0 Å². The Hall–Kier alpha value is -0.710. The number of rotatable bonds is 8. The van der Waals surface area contributed by atoms with Crippen LogP contribution in [0.4, 0.5) is 0 Å². The van der Waals surface area contributed by atoms with Gasteiger partial charge in [-0.2, -0.15) is 0 Å². The number of thioether (sulfide) groups is 1. The first-order valence-corrected chi connectivity index (χ1v) is 8.39. The van der Waals surface area contributed by atoms with Gasteiger partial charge in [-0.3, -0.25) is 0 Å². The van der Waals surface area contributed by atoms with Gasteiger partial charge in [-0.15, -0.1) is 11.8 Å². The average molecular weight is 295 g/mol.